The van der Waals surface area contributed by atoms with Crippen molar-refractivity contribution in [2.24, 2.45) is 29.6 Å². The van der Waals surface area contributed by atoms with E-state index < -0.39 is 168 Å². The Hall–Kier alpha value is -6.32. The summed E-state index contributed by atoms with van der Waals surface area (Å²) in [7, 11) is 11.3. The molecule has 3 heterocycles. The number of likely N-dealkylation sites (N-methyl/N-ethyl adjacent to an activating group) is 7. The number of carbonyl (C=O) groups is 12. The van der Waals surface area contributed by atoms with Gasteiger partial charge in [-0.1, -0.05) is 79.1 Å². The average Bonchev–Trinajstić information content (AvgIpc) is 1.64. The van der Waals surface area contributed by atoms with Crippen molar-refractivity contribution in [2.75, 3.05) is 102 Å². The predicted molar refractivity (Wildman–Crippen MR) is 364 cm³/mol. The maximum absolute atomic E-state index is 15.4. The summed E-state index contributed by atoms with van der Waals surface area (Å²) in [5, 5.41) is 7.51. The van der Waals surface area contributed by atoms with Crippen LogP contribution >= 0.6 is 11.6 Å². The van der Waals surface area contributed by atoms with Crippen molar-refractivity contribution < 1.29 is 75.4 Å². The molecule has 3 N–H and O–H groups in total. The first kappa shape index (κ1) is 81.6. The highest BCUT2D eigenvalue weighted by Crippen LogP contribution is 2.44. The van der Waals surface area contributed by atoms with Crippen molar-refractivity contribution in [2.45, 2.75) is 241 Å². The van der Waals surface area contributed by atoms with Crippen LogP contribution in [0.25, 0.3) is 0 Å². The third-order valence-electron chi connectivity index (χ3n) is 22.0. The van der Waals surface area contributed by atoms with Crippen LogP contribution in [0.4, 0.5) is 13.2 Å². The Morgan fingerprint density at radius 3 is 1.83 bits per heavy atom. The van der Waals surface area contributed by atoms with Crippen LogP contribution in [0.2, 0.25) is 0 Å². The summed E-state index contributed by atoms with van der Waals surface area (Å²) in [6, 6.07) is -8.79. The molecule has 1 spiro atoms. The van der Waals surface area contributed by atoms with E-state index in [2.05, 4.69) is 16.0 Å². The molecule has 6 fully saturated rings. The molecular weight excluding hydrogens is 1310 g/mol. The van der Waals surface area contributed by atoms with E-state index in [1.54, 1.807) is 11.8 Å². The first-order valence-corrected chi connectivity index (χ1v) is 36.6. The van der Waals surface area contributed by atoms with Crippen molar-refractivity contribution in [1.82, 2.24) is 60.0 Å². The van der Waals surface area contributed by atoms with E-state index in [1.165, 1.54) is 80.9 Å². The molecule has 3 aliphatic carbocycles. The number of hydrogen-bond acceptors (Lipinski definition) is 13. The number of ether oxygens (including phenoxy) is 1. The summed E-state index contributed by atoms with van der Waals surface area (Å²) in [4.78, 5) is 189. The summed E-state index contributed by atoms with van der Waals surface area (Å²) in [6.45, 7) is 6.40. The van der Waals surface area contributed by atoms with Crippen molar-refractivity contribution in [3.05, 3.63) is 0 Å². The van der Waals surface area contributed by atoms with Gasteiger partial charge in [0.15, 0.2) is 0 Å². The highest BCUT2D eigenvalue weighted by molar-refractivity contribution is 6.21. The molecule has 0 aromatic carbocycles. The van der Waals surface area contributed by atoms with E-state index in [1.807, 2.05) is 20.8 Å². The smallest absolute Gasteiger partial charge is 0.385 e. The van der Waals surface area contributed by atoms with E-state index in [9.17, 15) is 51.5 Å². The molecule has 0 aromatic rings. The summed E-state index contributed by atoms with van der Waals surface area (Å²) >= 11 is 6.39. The Balaban J connectivity index is 1.41. The minimum atomic E-state index is -4.51. The Morgan fingerprint density at radius 2 is 1.22 bits per heavy atom. The number of piperidine rings is 1. The molecular formula is C70H114ClF3N12O13. The minimum Gasteiger partial charge on any atom is -0.385 e. The lowest BCUT2D eigenvalue weighted by atomic mass is 9.78. The van der Waals surface area contributed by atoms with Gasteiger partial charge in [-0.15, -0.1) is 11.6 Å². The second-order valence-corrected chi connectivity index (χ2v) is 30.3. The normalized spacial score (nSPS) is 29.2. The molecule has 99 heavy (non-hydrogen) atoms. The largest absolute Gasteiger partial charge is 0.393 e. The summed E-state index contributed by atoms with van der Waals surface area (Å²) in [5.74, 6) is -10.6. The van der Waals surface area contributed by atoms with Gasteiger partial charge < -0.3 is 64.8 Å². The molecule has 0 bridgehead atoms. The molecule has 3 saturated heterocycles. The number of nitrogens with zero attached hydrogens (tertiary/aromatic N) is 9. The van der Waals surface area contributed by atoms with E-state index in [0.717, 1.165) is 53.2 Å². The number of nitrogens with one attached hydrogen (secondary N) is 3. The van der Waals surface area contributed by atoms with Crippen LogP contribution in [0, 0.1) is 29.6 Å². The highest BCUT2D eigenvalue weighted by atomic mass is 35.5. The molecule has 25 nitrogen and oxygen atoms in total. The molecule has 12 amide bonds. The SMILES string of the molecule is CC[C@H](C)[C@@H]1NC(=O)[C@H](CC(C)C)N(C)C(=O)C[C@@H](C(=O)N2CCCCC2)N(C)C(=O)[C@H](CCOC)N(C)C(=O)C2(CCCC2)NC(=O)[C@@H]2CCCN2C(=O)[C@H](CCC2CCC(C(F)(F)F)C(Cl)C2)NC(=O)CN(C)C(=O)[C@H](CC2CCCCC2)N(C)C(=O)CN(C)C(=O)CN(C)C1=O. The van der Waals surface area contributed by atoms with Gasteiger partial charge in [0, 0.05) is 94.5 Å². The number of halogens is 4. The summed E-state index contributed by atoms with van der Waals surface area (Å²) in [5.41, 5.74) is -1.59. The number of likely N-dealkylation sites (tertiary alicyclic amines) is 1. The van der Waals surface area contributed by atoms with Gasteiger partial charge in [-0.05, 0) is 114 Å². The molecule has 6 rings (SSSR count). The maximum Gasteiger partial charge on any atom is 0.393 e. The summed E-state index contributed by atoms with van der Waals surface area (Å²) < 4.78 is 47.5. The number of fused-ring (bicyclic) bond motifs is 1. The number of methoxy groups -OCH3 is 1. The zero-order valence-electron chi connectivity index (χ0n) is 60.8. The van der Waals surface area contributed by atoms with Gasteiger partial charge in [-0.25, -0.2) is 0 Å². The van der Waals surface area contributed by atoms with Crippen LogP contribution in [0.5, 0.6) is 0 Å². The van der Waals surface area contributed by atoms with Gasteiger partial charge in [-0.3, -0.25) is 57.5 Å². The van der Waals surface area contributed by atoms with E-state index >= 15 is 19.2 Å². The molecule has 0 radical (unpaired) electrons. The van der Waals surface area contributed by atoms with Gasteiger partial charge in [0.05, 0.1) is 32.0 Å². The monoisotopic (exact) mass is 1420 g/mol. The van der Waals surface area contributed by atoms with Gasteiger partial charge >= 0.3 is 6.18 Å². The van der Waals surface area contributed by atoms with Crippen LogP contribution in [0.1, 0.15) is 182 Å². The van der Waals surface area contributed by atoms with Crippen molar-refractivity contribution >= 4 is 82.5 Å². The van der Waals surface area contributed by atoms with Crippen LogP contribution in [0.15, 0.2) is 0 Å². The Morgan fingerprint density at radius 1 is 0.606 bits per heavy atom. The third-order valence-corrected chi connectivity index (χ3v) is 22.5. The van der Waals surface area contributed by atoms with Crippen LogP contribution in [-0.2, 0) is 62.3 Å². The van der Waals surface area contributed by atoms with Crippen LogP contribution < -0.4 is 16.0 Å². The van der Waals surface area contributed by atoms with Gasteiger partial charge in [-0.2, -0.15) is 13.2 Å². The standard InChI is InChI=1S/C70H114ClF3N12O13/c1-13-45(4)60-67(97)80(7)42-58(89)78(5)43-59(90)82(9)54(39-46-23-16-14-17-24-46)64(94)79(6)41-56(87)75-50(29-27-47-26-28-48(49(71)38-47)70(72,73)74)63(93)86-35-22-25-51(86)62(92)77-69(31-18-19-32-69)68(98)84(11)52(30-36-99-12)65(95)83(10)55(66(96)85-33-20-15-21-34-85)40-57(88)81(8)53(37-44(2)3)61(91)76-60/h44-55,60H,13-43H2,1-12H3,(H,75,87)(H,76,91)(H,77,92)/t45-,47?,48?,49?,50-,51-,52-,53-,54-,55-,60-/m0/s1. The molecule has 6 aliphatic rings. The topological polar surface area (TPSA) is 279 Å². The number of hydrogen-bond donors (Lipinski definition) is 3. The zero-order chi connectivity index (χ0) is 73.4. The van der Waals surface area contributed by atoms with Gasteiger partial charge in [0.2, 0.25) is 70.9 Å². The lowest BCUT2D eigenvalue weighted by Crippen LogP contribution is -2.64. The average molecular weight is 1420 g/mol. The minimum absolute atomic E-state index is 0.00609. The van der Waals surface area contributed by atoms with Crippen LogP contribution in [-0.4, -0.2) is 277 Å². The Labute approximate surface area is 588 Å². The first-order chi connectivity index (χ1) is 46.7. The molecule has 0 aromatic heterocycles. The highest BCUT2D eigenvalue weighted by Gasteiger charge is 2.51. The predicted octanol–water partition coefficient (Wildman–Crippen LogP) is 4.94. The quantitative estimate of drug-likeness (QED) is 0.206. The number of carbonyl (C=O) groups excluding carboxylic acids is 12. The number of rotatable bonds is 13. The lowest BCUT2D eigenvalue weighted by molar-refractivity contribution is -0.182. The fourth-order valence-electron chi connectivity index (χ4n) is 15.4. The maximum atomic E-state index is 15.4. The summed E-state index contributed by atoms with van der Waals surface area (Å²) in [6.07, 6.45) is 3.96. The van der Waals surface area contributed by atoms with Gasteiger partial charge in [0.1, 0.15) is 47.8 Å². The van der Waals surface area contributed by atoms with Crippen molar-refractivity contribution in [1.29, 1.82) is 0 Å². The molecule has 3 saturated carbocycles. The fraction of sp³-hybridized carbons (Fsp3) is 0.829. The second kappa shape index (κ2) is 37.0. The Bertz CT molecular complexity index is 2840. The molecule has 560 valence electrons. The van der Waals surface area contributed by atoms with Crippen molar-refractivity contribution in [3.8, 4) is 0 Å². The van der Waals surface area contributed by atoms with Crippen LogP contribution in [0.3, 0.4) is 0 Å². The molecule has 3 aliphatic heterocycles. The Kier molecular flexibility index (Phi) is 30.5. The molecule has 11 atom stereocenters. The number of alkyl halides is 4. The lowest BCUT2D eigenvalue weighted by Gasteiger charge is -2.41. The number of amides is 12. The first-order valence-electron chi connectivity index (χ1n) is 36.2. The van der Waals surface area contributed by atoms with E-state index in [-0.39, 0.29) is 102 Å². The second-order valence-electron chi connectivity index (χ2n) is 29.7. The zero-order valence-corrected chi connectivity index (χ0v) is 61.5. The van der Waals surface area contributed by atoms with E-state index in [4.69, 9.17) is 16.3 Å². The third kappa shape index (κ3) is 21.4. The molecule has 29 heteroatoms. The fourth-order valence-corrected chi connectivity index (χ4v) is 16.0. The van der Waals surface area contributed by atoms with Crippen molar-refractivity contribution in [3.63, 3.8) is 0 Å². The van der Waals surface area contributed by atoms with Gasteiger partial charge in [0.25, 0.3) is 0 Å². The molecule has 3 unspecified atom stereocenters. The van der Waals surface area contributed by atoms with E-state index in [0.29, 0.717) is 51.6 Å².